The van der Waals surface area contributed by atoms with Gasteiger partial charge in [0.05, 0.1) is 0 Å². The minimum atomic E-state index is -1.84. The molecule has 0 amide bonds. The Hall–Kier alpha value is 0.400. The molecule has 0 aromatic carbocycles. The Morgan fingerprint density at radius 2 is 1.91 bits per heavy atom. The summed E-state index contributed by atoms with van der Waals surface area (Å²) in [6.07, 6.45) is 5.59. The smallest absolute Gasteiger partial charge is 0.171 e. The fraction of sp³-hybridized carbons (Fsp3) is 1.00. The zero-order valence-corrected chi connectivity index (χ0v) is 7.90. The highest BCUT2D eigenvalue weighted by Gasteiger charge is 2.25. The van der Waals surface area contributed by atoms with E-state index in [0.717, 1.165) is 25.7 Å². The summed E-state index contributed by atoms with van der Waals surface area (Å²) in [7, 11) is 0. The van der Waals surface area contributed by atoms with Crippen LogP contribution in [-0.4, -0.2) is 13.5 Å². The van der Waals surface area contributed by atoms with Gasteiger partial charge in [-0.25, -0.2) is 4.21 Å². The highest BCUT2D eigenvalue weighted by molar-refractivity contribution is 7.81. The van der Waals surface area contributed by atoms with Crippen LogP contribution in [0.15, 0.2) is 0 Å². The minimum absolute atomic E-state index is 0.260. The highest BCUT2D eigenvalue weighted by atomic mass is 35.5. The number of hydrogen-bond donors (Lipinski definition) is 1. The zero-order valence-electron chi connectivity index (χ0n) is 6.33. The summed E-state index contributed by atoms with van der Waals surface area (Å²) in [5, 5.41) is 0. The second kappa shape index (κ2) is 4.43. The van der Waals surface area contributed by atoms with E-state index in [2.05, 4.69) is 0 Å². The Kier molecular flexibility index (Phi) is 3.82. The van der Waals surface area contributed by atoms with Crippen molar-refractivity contribution in [1.82, 2.24) is 0 Å². The van der Waals surface area contributed by atoms with E-state index in [1.165, 1.54) is 6.42 Å². The van der Waals surface area contributed by atoms with Gasteiger partial charge in [-0.1, -0.05) is 19.3 Å². The second-order valence-electron chi connectivity index (χ2n) is 3.03. The van der Waals surface area contributed by atoms with Crippen molar-refractivity contribution in [3.8, 4) is 0 Å². The van der Waals surface area contributed by atoms with Crippen LogP contribution in [0.2, 0.25) is 0 Å². The quantitative estimate of drug-likeness (QED) is 0.544. The normalized spacial score (nSPS) is 26.4. The van der Waals surface area contributed by atoms with Crippen molar-refractivity contribution in [1.29, 1.82) is 0 Å². The van der Waals surface area contributed by atoms with Gasteiger partial charge >= 0.3 is 0 Å². The molecule has 1 aliphatic carbocycles. The average molecular weight is 197 g/mol. The molecular formula is C7H13ClO2S. The molecule has 1 N–H and O–H groups in total. The van der Waals surface area contributed by atoms with E-state index in [4.69, 9.17) is 16.2 Å². The third-order valence-corrected chi connectivity index (χ3v) is 3.80. The van der Waals surface area contributed by atoms with Crippen LogP contribution >= 0.6 is 11.6 Å². The van der Waals surface area contributed by atoms with Gasteiger partial charge in [0.15, 0.2) is 11.1 Å². The van der Waals surface area contributed by atoms with Crippen molar-refractivity contribution in [2.24, 2.45) is 5.92 Å². The molecule has 1 rings (SSSR count). The van der Waals surface area contributed by atoms with E-state index >= 15 is 0 Å². The summed E-state index contributed by atoms with van der Waals surface area (Å²) < 4.78 is 18.7. The summed E-state index contributed by atoms with van der Waals surface area (Å²) in [5.41, 5.74) is 0. The molecule has 0 aromatic heterocycles. The Bertz CT molecular complexity index is 145. The van der Waals surface area contributed by atoms with E-state index in [1.54, 1.807) is 0 Å². The maximum atomic E-state index is 10.6. The Morgan fingerprint density at radius 1 is 1.36 bits per heavy atom. The van der Waals surface area contributed by atoms with Crippen LogP contribution in [0.4, 0.5) is 0 Å². The lowest BCUT2D eigenvalue weighted by Crippen LogP contribution is -2.21. The van der Waals surface area contributed by atoms with Gasteiger partial charge in [-0.15, -0.1) is 11.6 Å². The van der Waals surface area contributed by atoms with E-state index in [9.17, 15) is 4.21 Å². The van der Waals surface area contributed by atoms with Gasteiger partial charge in [0.1, 0.15) is 4.71 Å². The molecule has 1 aliphatic rings. The van der Waals surface area contributed by atoms with E-state index in [1.807, 2.05) is 0 Å². The molecule has 4 heteroatoms. The third kappa shape index (κ3) is 2.73. The highest BCUT2D eigenvalue weighted by Crippen LogP contribution is 2.30. The number of alkyl halides is 1. The molecule has 0 aliphatic heterocycles. The molecule has 0 bridgehead atoms. The lowest BCUT2D eigenvalue weighted by atomic mass is 9.91. The number of halogens is 1. The summed E-state index contributed by atoms with van der Waals surface area (Å²) in [6.45, 7) is 0. The van der Waals surface area contributed by atoms with Crippen LogP contribution in [0.3, 0.4) is 0 Å². The molecular weight excluding hydrogens is 184 g/mol. The van der Waals surface area contributed by atoms with Crippen molar-refractivity contribution in [3.05, 3.63) is 0 Å². The molecule has 2 unspecified atom stereocenters. The Labute approximate surface area is 74.6 Å². The molecule has 2 nitrogen and oxygen atoms in total. The first kappa shape index (κ1) is 9.49. The van der Waals surface area contributed by atoms with Crippen LogP contribution in [0, 0.1) is 5.92 Å². The lowest BCUT2D eigenvalue weighted by Gasteiger charge is -2.23. The van der Waals surface area contributed by atoms with Gasteiger partial charge < -0.3 is 4.55 Å². The first-order valence-electron chi connectivity index (χ1n) is 3.95. The zero-order chi connectivity index (χ0) is 8.27. The van der Waals surface area contributed by atoms with Gasteiger partial charge in [0, 0.05) is 0 Å². The number of hydrogen-bond acceptors (Lipinski definition) is 1. The van der Waals surface area contributed by atoms with Crippen LogP contribution in [-0.2, 0) is 11.1 Å². The number of rotatable bonds is 2. The maximum Gasteiger partial charge on any atom is 0.171 e. The SMILES string of the molecule is O=S(O)C(Cl)C1CCCCC1. The van der Waals surface area contributed by atoms with Gasteiger partial charge in [-0.2, -0.15) is 0 Å². The molecule has 1 saturated carbocycles. The minimum Gasteiger partial charge on any atom is -0.305 e. The first-order valence-corrected chi connectivity index (χ1v) is 5.56. The largest absolute Gasteiger partial charge is 0.305 e. The molecule has 0 spiro atoms. The van der Waals surface area contributed by atoms with Crippen molar-refractivity contribution in [3.63, 3.8) is 0 Å². The summed E-state index contributed by atoms with van der Waals surface area (Å²) in [6, 6.07) is 0. The fourth-order valence-electron chi connectivity index (χ4n) is 1.56. The first-order chi connectivity index (χ1) is 5.22. The molecule has 1 fully saturated rings. The third-order valence-electron chi connectivity index (χ3n) is 2.21. The topological polar surface area (TPSA) is 37.3 Å². The predicted octanol–water partition coefficient (Wildman–Crippen LogP) is 2.35. The molecule has 0 radical (unpaired) electrons. The predicted molar refractivity (Wildman–Crippen MR) is 47.0 cm³/mol. The van der Waals surface area contributed by atoms with Crippen molar-refractivity contribution < 1.29 is 8.76 Å². The fourth-order valence-corrected chi connectivity index (χ4v) is 2.41. The van der Waals surface area contributed by atoms with Gasteiger partial charge in [-0.3, -0.25) is 0 Å². The second-order valence-corrected chi connectivity index (χ2v) is 4.81. The maximum absolute atomic E-state index is 10.6. The van der Waals surface area contributed by atoms with E-state index in [-0.39, 0.29) is 5.92 Å². The molecule has 2 atom stereocenters. The summed E-state index contributed by atoms with van der Waals surface area (Å²) in [5.74, 6) is 0.260. The van der Waals surface area contributed by atoms with Gasteiger partial charge in [0.2, 0.25) is 0 Å². The molecule has 11 heavy (non-hydrogen) atoms. The average Bonchev–Trinajstić information content (AvgIpc) is 2.05. The molecule has 0 aromatic rings. The molecule has 0 heterocycles. The Balaban J connectivity index is 2.38. The van der Waals surface area contributed by atoms with Crippen molar-refractivity contribution in [2.45, 2.75) is 36.8 Å². The monoisotopic (exact) mass is 196 g/mol. The van der Waals surface area contributed by atoms with Crippen LogP contribution in [0.25, 0.3) is 0 Å². The van der Waals surface area contributed by atoms with E-state index < -0.39 is 15.8 Å². The van der Waals surface area contributed by atoms with Crippen LogP contribution in [0.1, 0.15) is 32.1 Å². The van der Waals surface area contributed by atoms with Gasteiger partial charge in [0.25, 0.3) is 0 Å². The van der Waals surface area contributed by atoms with Crippen molar-refractivity contribution >= 4 is 22.7 Å². The summed E-state index contributed by atoms with van der Waals surface area (Å²) in [4.78, 5) is 0. The van der Waals surface area contributed by atoms with Crippen molar-refractivity contribution in [2.75, 3.05) is 0 Å². The van der Waals surface area contributed by atoms with Crippen LogP contribution < -0.4 is 0 Å². The van der Waals surface area contributed by atoms with E-state index in [0.29, 0.717) is 0 Å². The Morgan fingerprint density at radius 3 is 2.36 bits per heavy atom. The van der Waals surface area contributed by atoms with Crippen LogP contribution in [0.5, 0.6) is 0 Å². The van der Waals surface area contributed by atoms with Gasteiger partial charge in [-0.05, 0) is 18.8 Å². The lowest BCUT2D eigenvalue weighted by molar-refractivity contribution is 0.370. The summed E-state index contributed by atoms with van der Waals surface area (Å²) >= 11 is 3.90. The standard InChI is InChI=1S/C7H13ClO2S/c8-7(11(9)10)6-4-2-1-3-5-6/h6-7H,1-5H2,(H,9,10). The molecule has 0 saturated heterocycles. The molecule has 66 valence electrons.